The molecule has 0 spiro atoms. The number of aryl methyl sites for hydroxylation is 1. The number of carbonyl (C=O) groups excluding carboxylic acids is 1. The van der Waals surface area contributed by atoms with Crippen molar-refractivity contribution in [2.45, 2.75) is 20.0 Å². The third-order valence-corrected chi connectivity index (χ3v) is 2.76. The van der Waals surface area contributed by atoms with Crippen LogP contribution < -0.4 is 4.74 Å². The molecule has 1 aromatic carbocycles. The van der Waals surface area contributed by atoms with Gasteiger partial charge in [-0.1, -0.05) is 27.5 Å². The molecule has 0 radical (unpaired) electrons. The molecule has 5 heteroatoms. The molecule has 16 heavy (non-hydrogen) atoms. The SMILES string of the molecule is COC(=O)C(C)Oc1c(C)cc(Br)cc1Cl. The molecule has 0 saturated carbocycles. The number of carbonyl (C=O) groups is 1. The maximum Gasteiger partial charge on any atom is 0.346 e. The van der Waals surface area contributed by atoms with Crippen LogP contribution in [0, 0.1) is 6.92 Å². The summed E-state index contributed by atoms with van der Waals surface area (Å²) in [6, 6.07) is 3.58. The third-order valence-electron chi connectivity index (χ3n) is 2.02. The van der Waals surface area contributed by atoms with Crippen LogP contribution in [0.1, 0.15) is 12.5 Å². The molecule has 1 unspecified atom stereocenters. The molecule has 0 saturated heterocycles. The number of rotatable bonds is 3. The van der Waals surface area contributed by atoms with Gasteiger partial charge in [-0.25, -0.2) is 4.79 Å². The first kappa shape index (κ1) is 13.3. The Balaban J connectivity index is 2.93. The minimum absolute atomic E-state index is 0.432. The molecule has 1 aromatic rings. The smallest absolute Gasteiger partial charge is 0.346 e. The Morgan fingerprint density at radius 2 is 2.12 bits per heavy atom. The summed E-state index contributed by atoms with van der Waals surface area (Å²) in [6.45, 7) is 3.47. The van der Waals surface area contributed by atoms with Gasteiger partial charge in [0.2, 0.25) is 0 Å². The Bertz CT molecular complexity index is 383. The number of halogens is 2. The molecular formula is C11H12BrClO3. The van der Waals surface area contributed by atoms with Gasteiger partial charge in [0.1, 0.15) is 5.75 Å². The molecule has 3 nitrogen and oxygen atoms in total. The minimum atomic E-state index is -0.678. The fourth-order valence-electron chi connectivity index (χ4n) is 1.23. The zero-order valence-electron chi connectivity index (χ0n) is 9.21. The topological polar surface area (TPSA) is 35.5 Å². The summed E-state index contributed by atoms with van der Waals surface area (Å²) in [6.07, 6.45) is -0.678. The number of hydrogen-bond acceptors (Lipinski definition) is 3. The van der Waals surface area contributed by atoms with Crippen LogP contribution in [0.3, 0.4) is 0 Å². The molecule has 0 aromatic heterocycles. The maximum absolute atomic E-state index is 11.2. The molecule has 0 aliphatic rings. The quantitative estimate of drug-likeness (QED) is 0.803. The Morgan fingerprint density at radius 1 is 1.50 bits per heavy atom. The molecule has 0 fully saturated rings. The molecule has 0 amide bonds. The van der Waals surface area contributed by atoms with Crippen molar-refractivity contribution >= 4 is 33.5 Å². The van der Waals surface area contributed by atoms with E-state index in [1.165, 1.54) is 7.11 Å². The fraction of sp³-hybridized carbons (Fsp3) is 0.364. The van der Waals surface area contributed by atoms with E-state index < -0.39 is 12.1 Å². The van der Waals surface area contributed by atoms with Crippen LogP contribution in [0.4, 0.5) is 0 Å². The first-order chi connectivity index (χ1) is 7.45. The number of hydrogen-bond donors (Lipinski definition) is 0. The van der Waals surface area contributed by atoms with Gasteiger partial charge in [0.05, 0.1) is 12.1 Å². The molecule has 88 valence electrons. The maximum atomic E-state index is 11.2. The third kappa shape index (κ3) is 3.12. The number of methoxy groups -OCH3 is 1. The van der Waals surface area contributed by atoms with Gasteiger partial charge >= 0.3 is 5.97 Å². The summed E-state index contributed by atoms with van der Waals surface area (Å²) in [5.41, 5.74) is 0.857. The fourth-order valence-corrected chi connectivity index (χ4v) is 2.24. The van der Waals surface area contributed by atoms with Crippen molar-refractivity contribution in [2.24, 2.45) is 0 Å². The van der Waals surface area contributed by atoms with Gasteiger partial charge in [-0.3, -0.25) is 0 Å². The highest BCUT2D eigenvalue weighted by atomic mass is 79.9. The molecule has 1 rings (SSSR count). The standard InChI is InChI=1S/C11H12BrClO3/c1-6-4-8(12)5-9(13)10(6)16-7(2)11(14)15-3/h4-5,7H,1-3H3. The van der Waals surface area contributed by atoms with Crippen molar-refractivity contribution in [3.63, 3.8) is 0 Å². The van der Waals surface area contributed by atoms with Crippen molar-refractivity contribution in [3.8, 4) is 5.75 Å². The van der Waals surface area contributed by atoms with Gasteiger partial charge in [0, 0.05) is 4.47 Å². The van der Waals surface area contributed by atoms with Crippen molar-refractivity contribution in [3.05, 3.63) is 27.2 Å². The van der Waals surface area contributed by atoms with Gasteiger partial charge < -0.3 is 9.47 Å². The number of benzene rings is 1. The molecule has 0 bridgehead atoms. The monoisotopic (exact) mass is 306 g/mol. The van der Waals surface area contributed by atoms with Gasteiger partial charge in [0.25, 0.3) is 0 Å². The summed E-state index contributed by atoms with van der Waals surface area (Å²) in [4.78, 5) is 11.2. The Hall–Kier alpha value is -0.740. The minimum Gasteiger partial charge on any atom is -0.477 e. The van der Waals surface area contributed by atoms with Crippen LogP contribution in [0.25, 0.3) is 0 Å². The van der Waals surface area contributed by atoms with Crippen molar-refractivity contribution in [2.75, 3.05) is 7.11 Å². The van der Waals surface area contributed by atoms with Crippen LogP contribution in [-0.4, -0.2) is 19.2 Å². The molecule has 0 aliphatic carbocycles. The van der Waals surface area contributed by atoms with E-state index in [1.807, 2.05) is 13.0 Å². The van der Waals surface area contributed by atoms with E-state index in [0.29, 0.717) is 10.8 Å². The highest BCUT2D eigenvalue weighted by molar-refractivity contribution is 9.10. The predicted octanol–water partition coefficient (Wildman–Crippen LogP) is 3.35. The summed E-state index contributed by atoms with van der Waals surface area (Å²) in [7, 11) is 1.32. The average Bonchev–Trinajstić information content (AvgIpc) is 2.21. The highest BCUT2D eigenvalue weighted by Gasteiger charge is 2.17. The highest BCUT2D eigenvalue weighted by Crippen LogP contribution is 2.32. The lowest BCUT2D eigenvalue weighted by Gasteiger charge is -2.15. The second kappa shape index (κ2) is 5.55. The van der Waals surface area contributed by atoms with Gasteiger partial charge in [-0.2, -0.15) is 0 Å². The Labute approximate surface area is 108 Å². The normalized spacial score (nSPS) is 12.1. The zero-order valence-corrected chi connectivity index (χ0v) is 11.6. The number of esters is 1. The molecular weight excluding hydrogens is 295 g/mol. The second-order valence-electron chi connectivity index (χ2n) is 3.32. The van der Waals surface area contributed by atoms with Gasteiger partial charge in [0.15, 0.2) is 6.10 Å². The number of ether oxygens (including phenoxy) is 2. The Morgan fingerprint density at radius 3 is 2.62 bits per heavy atom. The van der Waals surface area contributed by atoms with E-state index in [1.54, 1.807) is 13.0 Å². The van der Waals surface area contributed by atoms with Crippen LogP contribution in [0.2, 0.25) is 5.02 Å². The summed E-state index contributed by atoms with van der Waals surface area (Å²) >= 11 is 9.34. The van der Waals surface area contributed by atoms with E-state index in [9.17, 15) is 4.79 Å². The summed E-state index contributed by atoms with van der Waals surface area (Å²) < 4.78 is 10.9. The zero-order chi connectivity index (χ0) is 12.3. The lowest BCUT2D eigenvalue weighted by molar-refractivity contribution is -0.147. The second-order valence-corrected chi connectivity index (χ2v) is 4.64. The van der Waals surface area contributed by atoms with Crippen molar-refractivity contribution in [1.82, 2.24) is 0 Å². The lowest BCUT2D eigenvalue weighted by atomic mass is 10.2. The van der Waals surface area contributed by atoms with Gasteiger partial charge in [-0.05, 0) is 31.5 Å². The van der Waals surface area contributed by atoms with E-state index >= 15 is 0 Å². The summed E-state index contributed by atoms with van der Waals surface area (Å²) in [5.74, 6) is 0.0705. The van der Waals surface area contributed by atoms with Crippen LogP contribution in [-0.2, 0) is 9.53 Å². The van der Waals surface area contributed by atoms with Gasteiger partial charge in [-0.15, -0.1) is 0 Å². The first-order valence-corrected chi connectivity index (χ1v) is 5.83. The molecule has 0 aliphatic heterocycles. The molecule has 0 heterocycles. The van der Waals surface area contributed by atoms with E-state index in [-0.39, 0.29) is 0 Å². The van der Waals surface area contributed by atoms with Crippen molar-refractivity contribution < 1.29 is 14.3 Å². The lowest BCUT2D eigenvalue weighted by Crippen LogP contribution is -2.25. The van der Waals surface area contributed by atoms with Crippen LogP contribution in [0.15, 0.2) is 16.6 Å². The largest absolute Gasteiger partial charge is 0.477 e. The van der Waals surface area contributed by atoms with Crippen molar-refractivity contribution in [1.29, 1.82) is 0 Å². The van der Waals surface area contributed by atoms with E-state index in [2.05, 4.69) is 20.7 Å². The average molecular weight is 308 g/mol. The first-order valence-electron chi connectivity index (χ1n) is 4.66. The van der Waals surface area contributed by atoms with Crippen LogP contribution in [0.5, 0.6) is 5.75 Å². The Kier molecular flexibility index (Phi) is 4.62. The molecule has 0 N–H and O–H groups in total. The van der Waals surface area contributed by atoms with E-state index in [4.69, 9.17) is 16.3 Å². The predicted molar refractivity (Wildman–Crippen MR) is 66.0 cm³/mol. The summed E-state index contributed by atoms with van der Waals surface area (Å²) in [5, 5.41) is 0.461. The molecule has 1 atom stereocenters. The van der Waals surface area contributed by atoms with Crippen LogP contribution >= 0.6 is 27.5 Å². The van der Waals surface area contributed by atoms with E-state index in [0.717, 1.165) is 10.0 Å².